The molecule has 2 N–H and O–H groups in total. The third-order valence-corrected chi connectivity index (χ3v) is 3.00. The molecule has 0 atom stereocenters. The molecule has 4 heteroatoms. The molecule has 1 aromatic carbocycles. The lowest BCUT2D eigenvalue weighted by Crippen LogP contribution is -1.91. The average molecular weight is 241 g/mol. The predicted molar refractivity (Wildman–Crippen MR) is 69.7 cm³/mol. The summed E-state index contributed by atoms with van der Waals surface area (Å²) in [6.45, 7) is 1.97. The highest BCUT2D eigenvalue weighted by molar-refractivity contribution is 5.67. The van der Waals surface area contributed by atoms with E-state index in [0.717, 1.165) is 22.6 Å². The smallest absolute Gasteiger partial charge is 0.137 e. The minimum atomic E-state index is -0.246. The molecule has 0 aliphatic carbocycles. The number of nitrogens with two attached hydrogens (primary N) is 1. The van der Waals surface area contributed by atoms with Crippen molar-refractivity contribution in [2.45, 2.75) is 6.92 Å². The van der Waals surface area contributed by atoms with Crippen LogP contribution in [0.5, 0.6) is 0 Å². The molecule has 0 aliphatic rings. The Morgan fingerprint density at radius 2 is 1.83 bits per heavy atom. The van der Waals surface area contributed by atoms with Gasteiger partial charge < -0.3 is 10.1 Å². The molecule has 3 aromatic rings. The minimum Gasteiger partial charge on any atom is -0.398 e. The normalized spacial score (nSPS) is 11.0. The molecule has 3 rings (SSSR count). The summed E-state index contributed by atoms with van der Waals surface area (Å²) in [5.41, 5.74) is 10.0. The van der Waals surface area contributed by atoms with E-state index in [4.69, 9.17) is 5.73 Å². The Balaban J connectivity index is 2.23. The van der Waals surface area contributed by atoms with Gasteiger partial charge in [0.25, 0.3) is 0 Å². The lowest BCUT2D eigenvalue weighted by molar-refractivity contribution is 0.628. The van der Waals surface area contributed by atoms with Gasteiger partial charge in [0.1, 0.15) is 11.5 Å². The van der Waals surface area contributed by atoms with Crippen LogP contribution in [0.25, 0.3) is 16.9 Å². The molecule has 2 aromatic heterocycles. The number of hydrogen-bond donors (Lipinski definition) is 1. The van der Waals surface area contributed by atoms with Gasteiger partial charge >= 0.3 is 0 Å². The summed E-state index contributed by atoms with van der Waals surface area (Å²) in [5, 5.41) is 0. The van der Waals surface area contributed by atoms with Gasteiger partial charge in [-0.1, -0.05) is 0 Å². The standard InChI is InChI=1S/C14H12FN3/c1-9-14(10-2-4-11(15)5-3-10)17-13-7-6-12(16)8-18(9)13/h2-8H,16H2,1H3. The highest BCUT2D eigenvalue weighted by atomic mass is 19.1. The van der Waals surface area contributed by atoms with E-state index < -0.39 is 0 Å². The number of halogens is 1. The van der Waals surface area contributed by atoms with Gasteiger partial charge in [-0.3, -0.25) is 0 Å². The van der Waals surface area contributed by atoms with Crippen LogP contribution in [0, 0.1) is 12.7 Å². The van der Waals surface area contributed by atoms with Gasteiger partial charge in [0.05, 0.1) is 5.69 Å². The third kappa shape index (κ3) is 1.62. The maximum Gasteiger partial charge on any atom is 0.137 e. The van der Waals surface area contributed by atoms with Crippen LogP contribution in [0.4, 0.5) is 10.1 Å². The largest absolute Gasteiger partial charge is 0.398 e. The molecule has 0 bridgehead atoms. The number of imidazole rings is 1. The van der Waals surface area contributed by atoms with Crippen molar-refractivity contribution >= 4 is 11.3 Å². The fraction of sp³-hybridized carbons (Fsp3) is 0.0714. The summed E-state index contributed by atoms with van der Waals surface area (Å²) in [6.07, 6.45) is 1.84. The Hall–Kier alpha value is -2.36. The molecule has 2 heterocycles. The van der Waals surface area contributed by atoms with E-state index in [1.165, 1.54) is 12.1 Å². The van der Waals surface area contributed by atoms with Gasteiger partial charge in [-0.2, -0.15) is 0 Å². The van der Waals surface area contributed by atoms with Crippen LogP contribution in [0.2, 0.25) is 0 Å². The predicted octanol–water partition coefficient (Wildman–Crippen LogP) is 3.03. The molecule has 0 unspecified atom stereocenters. The number of pyridine rings is 1. The fourth-order valence-electron chi connectivity index (χ4n) is 2.06. The van der Waals surface area contributed by atoms with Crippen molar-refractivity contribution in [3.63, 3.8) is 0 Å². The van der Waals surface area contributed by atoms with Gasteiger partial charge in [0.2, 0.25) is 0 Å². The highest BCUT2D eigenvalue weighted by Gasteiger charge is 2.10. The van der Waals surface area contributed by atoms with Gasteiger partial charge in [-0.05, 0) is 43.3 Å². The van der Waals surface area contributed by atoms with Crippen molar-refractivity contribution in [2.24, 2.45) is 0 Å². The second kappa shape index (κ2) is 3.84. The molecule has 18 heavy (non-hydrogen) atoms. The number of nitrogens with zero attached hydrogens (tertiary/aromatic N) is 2. The molecule has 0 saturated carbocycles. The highest BCUT2D eigenvalue weighted by Crippen LogP contribution is 2.24. The lowest BCUT2D eigenvalue weighted by Gasteiger charge is -2.00. The lowest BCUT2D eigenvalue weighted by atomic mass is 10.1. The molecule has 90 valence electrons. The molecule has 0 spiro atoms. The van der Waals surface area contributed by atoms with Gasteiger partial charge in [-0.15, -0.1) is 0 Å². The zero-order valence-corrected chi connectivity index (χ0v) is 9.89. The van der Waals surface area contributed by atoms with E-state index in [1.54, 1.807) is 12.1 Å². The molecule has 3 nitrogen and oxygen atoms in total. The van der Waals surface area contributed by atoms with E-state index in [2.05, 4.69) is 4.98 Å². The summed E-state index contributed by atoms with van der Waals surface area (Å²) < 4.78 is 14.9. The van der Waals surface area contributed by atoms with E-state index in [9.17, 15) is 4.39 Å². The molecule has 0 saturated heterocycles. The summed E-state index contributed by atoms with van der Waals surface area (Å²) in [6, 6.07) is 10.0. The molecule has 0 radical (unpaired) electrons. The van der Waals surface area contributed by atoms with Crippen molar-refractivity contribution in [1.29, 1.82) is 0 Å². The summed E-state index contributed by atoms with van der Waals surface area (Å²) in [7, 11) is 0. The van der Waals surface area contributed by atoms with Gasteiger partial charge in [0.15, 0.2) is 0 Å². The third-order valence-electron chi connectivity index (χ3n) is 3.00. The van der Waals surface area contributed by atoms with E-state index >= 15 is 0 Å². The van der Waals surface area contributed by atoms with Crippen LogP contribution < -0.4 is 5.73 Å². The maximum absolute atomic E-state index is 12.9. The number of hydrogen-bond acceptors (Lipinski definition) is 2. The molecule has 0 amide bonds. The first-order valence-corrected chi connectivity index (χ1v) is 5.65. The number of rotatable bonds is 1. The van der Waals surface area contributed by atoms with Crippen molar-refractivity contribution < 1.29 is 4.39 Å². The second-order valence-electron chi connectivity index (χ2n) is 4.24. The van der Waals surface area contributed by atoms with Gasteiger partial charge in [0, 0.05) is 23.1 Å². The van der Waals surface area contributed by atoms with Gasteiger partial charge in [-0.25, -0.2) is 9.37 Å². The van der Waals surface area contributed by atoms with Crippen LogP contribution in [-0.2, 0) is 0 Å². The first kappa shape index (κ1) is 10.8. The minimum absolute atomic E-state index is 0.246. The number of benzene rings is 1. The quantitative estimate of drug-likeness (QED) is 0.711. The zero-order valence-electron chi connectivity index (χ0n) is 9.89. The van der Waals surface area contributed by atoms with Crippen molar-refractivity contribution in [2.75, 3.05) is 5.73 Å². The van der Waals surface area contributed by atoms with Crippen LogP contribution in [0.1, 0.15) is 5.69 Å². The van der Waals surface area contributed by atoms with Crippen molar-refractivity contribution in [1.82, 2.24) is 9.38 Å². The Morgan fingerprint density at radius 1 is 1.11 bits per heavy atom. The number of fused-ring (bicyclic) bond motifs is 1. The Morgan fingerprint density at radius 3 is 2.56 bits per heavy atom. The Kier molecular flexibility index (Phi) is 2.30. The average Bonchev–Trinajstić information content (AvgIpc) is 2.68. The Labute approximate surface area is 104 Å². The maximum atomic E-state index is 12.9. The topological polar surface area (TPSA) is 43.3 Å². The summed E-state index contributed by atoms with van der Waals surface area (Å²) >= 11 is 0. The second-order valence-corrected chi connectivity index (χ2v) is 4.24. The van der Waals surface area contributed by atoms with E-state index in [-0.39, 0.29) is 5.82 Å². The fourth-order valence-corrected chi connectivity index (χ4v) is 2.06. The first-order chi connectivity index (χ1) is 8.65. The van der Waals surface area contributed by atoms with E-state index in [0.29, 0.717) is 5.69 Å². The SMILES string of the molecule is Cc1c(-c2ccc(F)cc2)nc2ccc(N)cn12. The number of aromatic nitrogens is 2. The Bertz CT molecular complexity index is 714. The van der Waals surface area contributed by atoms with Crippen LogP contribution >= 0.6 is 0 Å². The van der Waals surface area contributed by atoms with Crippen molar-refractivity contribution in [3.8, 4) is 11.3 Å². The van der Waals surface area contributed by atoms with Crippen LogP contribution in [0.15, 0.2) is 42.6 Å². The molecule has 0 aliphatic heterocycles. The number of nitrogen functional groups attached to an aromatic ring is 1. The van der Waals surface area contributed by atoms with Crippen LogP contribution in [-0.4, -0.2) is 9.38 Å². The summed E-state index contributed by atoms with van der Waals surface area (Å²) in [5.74, 6) is -0.246. The molecular formula is C14H12FN3. The van der Waals surface area contributed by atoms with Crippen LogP contribution in [0.3, 0.4) is 0 Å². The zero-order chi connectivity index (χ0) is 12.7. The number of aryl methyl sites for hydroxylation is 1. The first-order valence-electron chi connectivity index (χ1n) is 5.65. The number of anilines is 1. The van der Waals surface area contributed by atoms with Crippen molar-refractivity contribution in [3.05, 3.63) is 54.1 Å². The summed E-state index contributed by atoms with van der Waals surface area (Å²) in [4.78, 5) is 4.54. The monoisotopic (exact) mass is 241 g/mol. The molecule has 0 fully saturated rings. The molecular weight excluding hydrogens is 229 g/mol. The van der Waals surface area contributed by atoms with E-state index in [1.807, 2.05) is 29.7 Å².